The summed E-state index contributed by atoms with van der Waals surface area (Å²) in [5.74, 6) is -0.0672. The predicted octanol–water partition coefficient (Wildman–Crippen LogP) is 2.25. The smallest absolute Gasteiger partial charge is 0.265 e. The number of amides is 1. The molecule has 0 spiro atoms. The molecule has 0 aliphatic carbocycles. The standard InChI is InChI=1S/C15H18N4OS/c1-11-14(21-18-17-11)15(20)16-10-13-8-5-9-19(13)12-6-3-2-4-7-12/h2-4,6-7,13H,5,8-10H2,1H3,(H,16,20). The number of carbonyl (C=O) groups is 1. The van der Waals surface area contributed by atoms with Crippen LogP contribution in [0, 0.1) is 6.92 Å². The number of nitrogens with zero attached hydrogens (tertiary/aromatic N) is 3. The van der Waals surface area contributed by atoms with E-state index in [-0.39, 0.29) is 5.91 Å². The summed E-state index contributed by atoms with van der Waals surface area (Å²) in [5, 5.41) is 6.89. The average molecular weight is 302 g/mol. The van der Waals surface area contributed by atoms with Gasteiger partial charge >= 0.3 is 0 Å². The molecule has 1 aromatic heterocycles. The Balaban J connectivity index is 1.62. The van der Waals surface area contributed by atoms with Gasteiger partial charge in [0.15, 0.2) is 0 Å². The lowest BCUT2D eigenvalue weighted by Gasteiger charge is -2.27. The van der Waals surface area contributed by atoms with E-state index in [1.165, 1.54) is 5.69 Å². The first kappa shape index (κ1) is 14.0. The van der Waals surface area contributed by atoms with E-state index in [9.17, 15) is 4.79 Å². The maximum absolute atomic E-state index is 12.1. The second-order valence-electron chi connectivity index (χ2n) is 5.22. The molecule has 1 amide bonds. The third-order valence-electron chi connectivity index (χ3n) is 3.82. The lowest BCUT2D eigenvalue weighted by molar-refractivity contribution is 0.0954. The molecule has 1 atom stereocenters. The number of benzene rings is 1. The van der Waals surface area contributed by atoms with Crippen molar-refractivity contribution in [2.75, 3.05) is 18.0 Å². The Bertz CT molecular complexity index is 613. The van der Waals surface area contributed by atoms with Gasteiger partial charge in [0.2, 0.25) is 0 Å². The van der Waals surface area contributed by atoms with E-state index in [0.29, 0.717) is 23.2 Å². The number of para-hydroxylation sites is 1. The fourth-order valence-corrected chi connectivity index (χ4v) is 3.31. The van der Waals surface area contributed by atoms with Gasteiger partial charge < -0.3 is 10.2 Å². The average Bonchev–Trinajstić information content (AvgIpc) is 3.14. The van der Waals surface area contributed by atoms with Gasteiger partial charge in [-0.05, 0) is 43.4 Å². The molecule has 2 heterocycles. The monoisotopic (exact) mass is 302 g/mol. The number of nitrogens with one attached hydrogen (secondary N) is 1. The van der Waals surface area contributed by atoms with E-state index < -0.39 is 0 Å². The summed E-state index contributed by atoms with van der Waals surface area (Å²) in [4.78, 5) is 15.1. The first-order valence-corrected chi connectivity index (χ1v) is 7.92. The molecule has 0 saturated carbocycles. The molecule has 1 aromatic carbocycles. The molecule has 3 rings (SSSR count). The summed E-state index contributed by atoms with van der Waals surface area (Å²) in [6.07, 6.45) is 2.27. The van der Waals surface area contributed by atoms with Crippen molar-refractivity contribution in [1.82, 2.24) is 14.9 Å². The van der Waals surface area contributed by atoms with E-state index in [2.05, 4.69) is 44.1 Å². The molecule has 110 valence electrons. The number of anilines is 1. The molecule has 1 aliphatic heterocycles. The molecule has 6 heteroatoms. The second kappa shape index (κ2) is 6.22. The van der Waals surface area contributed by atoms with Crippen LogP contribution in [0.15, 0.2) is 30.3 Å². The van der Waals surface area contributed by atoms with Crippen molar-refractivity contribution in [2.45, 2.75) is 25.8 Å². The molecule has 0 radical (unpaired) electrons. The summed E-state index contributed by atoms with van der Waals surface area (Å²) >= 11 is 1.15. The summed E-state index contributed by atoms with van der Waals surface area (Å²) in [5.41, 5.74) is 1.92. The number of carbonyl (C=O) groups excluding carboxylic acids is 1. The van der Waals surface area contributed by atoms with Crippen LogP contribution >= 0.6 is 11.5 Å². The Morgan fingerprint density at radius 3 is 2.95 bits per heavy atom. The van der Waals surface area contributed by atoms with Gasteiger partial charge in [0.1, 0.15) is 4.88 Å². The molecular formula is C15H18N4OS. The van der Waals surface area contributed by atoms with Crippen molar-refractivity contribution < 1.29 is 4.79 Å². The van der Waals surface area contributed by atoms with Crippen LogP contribution in [0.1, 0.15) is 28.2 Å². The highest BCUT2D eigenvalue weighted by atomic mass is 32.1. The van der Waals surface area contributed by atoms with E-state index in [1.807, 2.05) is 13.0 Å². The topological polar surface area (TPSA) is 58.1 Å². The molecule has 1 saturated heterocycles. The fourth-order valence-electron chi connectivity index (χ4n) is 2.74. The summed E-state index contributed by atoms with van der Waals surface area (Å²) < 4.78 is 3.81. The number of hydrogen-bond donors (Lipinski definition) is 1. The van der Waals surface area contributed by atoms with Crippen molar-refractivity contribution in [3.8, 4) is 0 Å². The zero-order valence-electron chi connectivity index (χ0n) is 12.0. The Kier molecular flexibility index (Phi) is 4.15. The van der Waals surface area contributed by atoms with Crippen molar-refractivity contribution in [3.05, 3.63) is 40.9 Å². The molecule has 1 fully saturated rings. The summed E-state index contributed by atoms with van der Waals surface area (Å²) in [6.45, 7) is 3.51. The van der Waals surface area contributed by atoms with Crippen LogP contribution in [0.5, 0.6) is 0 Å². The first-order chi connectivity index (χ1) is 10.3. The lowest BCUT2D eigenvalue weighted by Crippen LogP contribution is -2.40. The van der Waals surface area contributed by atoms with Crippen molar-refractivity contribution >= 4 is 23.1 Å². The number of aromatic nitrogens is 2. The fraction of sp³-hybridized carbons (Fsp3) is 0.400. The maximum Gasteiger partial charge on any atom is 0.265 e. The van der Waals surface area contributed by atoms with Gasteiger partial charge in [-0.25, -0.2) is 0 Å². The minimum Gasteiger partial charge on any atom is -0.367 e. The van der Waals surface area contributed by atoms with Gasteiger partial charge in [0.25, 0.3) is 5.91 Å². The predicted molar refractivity (Wildman–Crippen MR) is 83.8 cm³/mol. The number of aryl methyl sites for hydroxylation is 1. The van der Waals surface area contributed by atoms with Gasteiger partial charge in [0, 0.05) is 24.8 Å². The largest absolute Gasteiger partial charge is 0.367 e. The summed E-state index contributed by atoms with van der Waals surface area (Å²) in [6, 6.07) is 10.7. The Morgan fingerprint density at radius 2 is 2.24 bits per heavy atom. The Labute approximate surface area is 128 Å². The molecule has 1 N–H and O–H groups in total. The van der Waals surface area contributed by atoms with Crippen LogP contribution in [0.3, 0.4) is 0 Å². The minimum absolute atomic E-state index is 0.0672. The van der Waals surface area contributed by atoms with Gasteiger partial charge in [0.05, 0.1) is 5.69 Å². The highest BCUT2D eigenvalue weighted by Gasteiger charge is 2.25. The highest BCUT2D eigenvalue weighted by Crippen LogP contribution is 2.24. The molecule has 21 heavy (non-hydrogen) atoms. The quantitative estimate of drug-likeness (QED) is 0.941. The van der Waals surface area contributed by atoms with E-state index in [0.717, 1.165) is 30.9 Å². The molecular weight excluding hydrogens is 284 g/mol. The molecule has 5 nitrogen and oxygen atoms in total. The third kappa shape index (κ3) is 3.05. The van der Waals surface area contributed by atoms with Crippen LogP contribution in [-0.2, 0) is 0 Å². The number of rotatable bonds is 4. The number of hydrogen-bond acceptors (Lipinski definition) is 5. The van der Waals surface area contributed by atoms with Gasteiger partial charge in [-0.3, -0.25) is 4.79 Å². The Hall–Kier alpha value is -1.95. The van der Waals surface area contributed by atoms with E-state index >= 15 is 0 Å². The molecule has 0 bridgehead atoms. The van der Waals surface area contributed by atoms with Crippen molar-refractivity contribution in [2.24, 2.45) is 0 Å². The second-order valence-corrected chi connectivity index (χ2v) is 5.98. The summed E-state index contributed by atoms with van der Waals surface area (Å²) in [7, 11) is 0. The zero-order chi connectivity index (χ0) is 14.7. The molecule has 2 aromatic rings. The van der Waals surface area contributed by atoms with Crippen LogP contribution in [-0.4, -0.2) is 34.6 Å². The normalized spacial score (nSPS) is 18.0. The zero-order valence-corrected chi connectivity index (χ0v) is 12.8. The van der Waals surface area contributed by atoms with Gasteiger partial charge in [-0.2, -0.15) is 0 Å². The molecule has 1 aliphatic rings. The van der Waals surface area contributed by atoms with Crippen LogP contribution in [0.25, 0.3) is 0 Å². The van der Waals surface area contributed by atoms with E-state index in [4.69, 9.17) is 0 Å². The van der Waals surface area contributed by atoms with Crippen LogP contribution in [0.2, 0.25) is 0 Å². The molecule has 1 unspecified atom stereocenters. The lowest BCUT2D eigenvalue weighted by atomic mass is 10.2. The first-order valence-electron chi connectivity index (χ1n) is 7.14. The maximum atomic E-state index is 12.1. The van der Waals surface area contributed by atoms with E-state index in [1.54, 1.807) is 0 Å². The van der Waals surface area contributed by atoms with Gasteiger partial charge in [-0.15, -0.1) is 5.10 Å². The Morgan fingerprint density at radius 1 is 1.43 bits per heavy atom. The van der Waals surface area contributed by atoms with Crippen LogP contribution < -0.4 is 10.2 Å². The minimum atomic E-state index is -0.0672. The van der Waals surface area contributed by atoms with Gasteiger partial charge in [-0.1, -0.05) is 22.7 Å². The third-order valence-corrected chi connectivity index (χ3v) is 4.65. The SMILES string of the molecule is Cc1nnsc1C(=O)NCC1CCCN1c1ccccc1. The van der Waals surface area contributed by atoms with Crippen LogP contribution in [0.4, 0.5) is 5.69 Å². The van der Waals surface area contributed by atoms with Crippen molar-refractivity contribution in [3.63, 3.8) is 0 Å². The van der Waals surface area contributed by atoms with Crippen molar-refractivity contribution in [1.29, 1.82) is 0 Å². The highest BCUT2D eigenvalue weighted by molar-refractivity contribution is 7.07.